The van der Waals surface area contributed by atoms with E-state index >= 15 is 0 Å². The molecule has 1 aliphatic rings. The molecule has 31 heavy (non-hydrogen) atoms. The molecular formula is C24H32N2O5. The van der Waals surface area contributed by atoms with E-state index < -0.39 is 0 Å². The fourth-order valence-electron chi connectivity index (χ4n) is 3.73. The highest BCUT2D eigenvalue weighted by molar-refractivity contribution is 5.94. The van der Waals surface area contributed by atoms with Crippen LogP contribution in [0.2, 0.25) is 0 Å². The van der Waals surface area contributed by atoms with Crippen molar-refractivity contribution in [2.75, 3.05) is 65.6 Å². The van der Waals surface area contributed by atoms with Gasteiger partial charge in [0, 0.05) is 44.4 Å². The van der Waals surface area contributed by atoms with Crippen LogP contribution in [0.3, 0.4) is 0 Å². The number of ether oxygens (including phenoxy) is 4. The number of piperazine rings is 1. The van der Waals surface area contributed by atoms with Crippen molar-refractivity contribution in [1.29, 1.82) is 0 Å². The average molecular weight is 429 g/mol. The Balaban J connectivity index is 1.45. The minimum Gasteiger partial charge on any atom is -0.497 e. The zero-order chi connectivity index (χ0) is 22.2. The molecule has 0 aromatic heterocycles. The zero-order valence-corrected chi connectivity index (χ0v) is 18.8. The third-order valence-electron chi connectivity index (χ3n) is 5.55. The van der Waals surface area contributed by atoms with Gasteiger partial charge < -0.3 is 23.8 Å². The average Bonchev–Trinajstić information content (AvgIpc) is 2.81. The van der Waals surface area contributed by atoms with Gasteiger partial charge in [-0.3, -0.25) is 9.69 Å². The van der Waals surface area contributed by atoms with E-state index in [0.717, 1.165) is 56.3 Å². The molecule has 0 spiro atoms. The van der Waals surface area contributed by atoms with Gasteiger partial charge in [0.25, 0.3) is 0 Å². The summed E-state index contributed by atoms with van der Waals surface area (Å²) < 4.78 is 22.1. The van der Waals surface area contributed by atoms with E-state index in [-0.39, 0.29) is 5.78 Å². The number of carbonyl (C=O) groups excluding carboxylic acids is 1. The first-order valence-corrected chi connectivity index (χ1v) is 10.6. The predicted octanol–water partition coefficient (Wildman–Crippen LogP) is 3.51. The number of rotatable bonds is 10. The maximum absolute atomic E-state index is 11.5. The Morgan fingerprint density at radius 1 is 0.871 bits per heavy atom. The van der Waals surface area contributed by atoms with E-state index in [4.69, 9.17) is 18.9 Å². The number of anilines is 1. The minimum absolute atomic E-state index is 0.0104. The maximum Gasteiger partial charge on any atom is 0.161 e. The zero-order valence-electron chi connectivity index (χ0n) is 18.8. The number of Topliss-reactive ketones (excluding diaryl/α,β-unsaturated/α-hetero) is 1. The Morgan fingerprint density at radius 3 is 2.26 bits per heavy atom. The summed E-state index contributed by atoms with van der Waals surface area (Å²) >= 11 is 0. The van der Waals surface area contributed by atoms with Gasteiger partial charge >= 0.3 is 0 Å². The van der Waals surface area contributed by atoms with Crippen LogP contribution < -0.4 is 23.8 Å². The molecule has 0 aliphatic carbocycles. The summed E-state index contributed by atoms with van der Waals surface area (Å²) in [4.78, 5) is 16.3. The van der Waals surface area contributed by atoms with Crippen LogP contribution in [0.25, 0.3) is 0 Å². The number of benzene rings is 2. The second kappa shape index (κ2) is 10.9. The number of carbonyl (C=O) groups is 1. The molecule has 0 radical (unpaired) electrons. The summed E-state index contributed by atoms with van der Waals surface area (Å²) in [5, 5.41) is 0. The van der Waals surface area contributed by atoms with Crippen molar-refractivity contribution >= 4 is 11.5 Å². The molecule has 2 aromatic carbocycles. The van der Waals surface area contributed by atoms with Crippen LogP contribution in [0.1, 0.15) is 23.7 Å². The van der Waals surface area contributed by atoms with Gasteiger partial charge in [-0.25, -0.2) is 0 Å². The molecule has 168 valence electrons. The van der Waals surface area contributed by atoms with Crippen molar-refractivity contribution in [3.05, 3.63) is 42.0 Å². The monoisotopic (exact) mass is 428 g/mol. The Kier molecular flexibility index (Phi) is 8.00. The molecule has 1 aliphatic heterocycles. The summed E-state index contributed by atoms with van der Waals surface area (Å²) in [5.74, 6) is 2.91. The molecule has 0 unspecified atom stereocenters. The van der Waals surface area contributed by atoms with Gasteiger partial charge in [-0.05, 0) is 43.7 Å². The van der Waals surface area contributed by atoms with E-state index in [1.54, 1.807) is 46.5 Å². The van der Waals surface area contributed by atoms with E-state index in [9.17, 15) is 4.79 Å². The molecule has 7 heteroatoms. The van der Waals surface area contributed by atoms with Crippen molar-refractivity contribution in [1.82, 2.24) is 4.90 Å². The number of ketones is 1. The lowest BCUT2D eigenvalue weighted by Gasteiger charge is -2.36. The van der Waals surface area contributed by atoms with E-state index in [2.05, 4.69) is 15.9 Å². The fraction of sp³-hybridized carbons (Fsp3) is 0.458. The molecule has 0 bridgehead atoms. The second-order valence-electron chi connectivity index (χ2n) is 7.49. The van der Waals surface area contributed by atoms with Gasteiger partial charge in [0.05, 0.1) is 33.6 Å². The van der Waals surface area contributed by atoms with Crippen LogP contribution in [0.15, 0.2) is 36.4 Å². The number of methoxy groups -OCH3 is 3. The first kappa shape index (κ1) is 22.7. The molecule has 2 aromatic rings. The van der Waals surface area contributed by atoms with Gasteiger partial charge in [-0.15, -0.1) is 0 Å². The van der Waals surface area contributed by atoms with Crippen LogP contribution in [0.4, 0.5) is 5.69 Å². The van der Waals surface area contributed by atoms with Gasteiger partial charge in [0.2, 0.25) is 0 Å². The SMILES string of the molecule is COc1ccc(N2CCN(CCCOc3ccc(C(C)=O)cc3OC)CC2)c(OC)c1. The summed E-state index contributed by atoms with van der Waals surface area (Å²) in [6.07, 6.45) is 0.920. The first-order chi connectivity index (χ1) is 15.0. The fourth-order valence-corrected chi connectivity index (χ4v) is 3.73. The van der Waals surface area contributed by atoms with Crippen LogP contribution in [-0.4, -0.2) is 71.3 Å². The van der Waals surface area contributed by atoms with Crippen molar-refractivity contribution in [3.8, 4) is 23.0 Å². The van der Waals surface area contributed by atoms with E-state index in [1.165, 1.54) is 0 Å². The first-order valence-electron chi connectivity index (χ1n) is 10.6. The highest BCUT2D eigenvalue weighted by Crippen LogP contribution is 2.33. The predicted molar refractivity (Wildman–Crippen MR) is 121 cm³/mol. The third kappa shape index (κ3) is 5.82. The molecule has 1 heterocycles. The second-order valence-corrected chi connectivity index (χ2v) is 7.49. The van der Waals surface area contributed by atoms with Gasteiger partial charge in [-0.1, -0.05) is 0 Å². The molecule has 0 amide bonds. The van der Waals surface area contributed by atoms with Crippen molar-refractivity contribution < 1.29 is 23.7 Å². The van der Waals surface area contributed by atoms with Crippen molar-refractivity contribution in [2.45, 2.75) is 13.3 Å². The summed E-state index contributed by atoms with van der Waals surface area (Å²) in [6.45, 7) is 6.99. The van der Waals surface area contributed by atoms with Crippen molar-refractivity contribution in [3.63, 3.8) is 0 Å². The molecule has 0 N–H and O–H groups in total. The number of nitrogens with zero attached hydrogens (tertiary/aromatic N) is 2. The van der Waals surface area contributed by atoms with Crippen LogP contribution in [0.5, 0.6) is 23.0 Å². The van der Waals surface area contributed by atoms with Gasteiger partial charge in [0.1, 0.15) is 11.5 Å². The minimum atomic E-state index is 0.0104. The molecule has 1 saturated heterocycles. The highest BCUT2D eigenvalue weighted by atomic mass is 16.5. The van der Waals surface area contributed by atoms with E-state index in [0.29, 0.717) is 23.7 Å². The lowest BCUT2D eigenvalue weighted by molar-refractivity contribution is 0.101. The smallest absolute Gasteiger partial charge is 0.161 e. The van der Waals surface area contributed by atoms with Gasteiger partial charge in [-0.2, -0.15) is 0 Å². The summed E-state index contributed by atoms with van der Waals surface area (Å²) in [5.41, 5.74) is 1.72. The lowest BCUT2D eigenvalue weighted by atomic mass is 10.1. The molecule has 3 rings (SSSR count). The topological polar surface area (TPSA) is 60.5 Å². The number of hydrogen-bond donors (Lipinski definition) is 0. The Labute approximate surface area is 184 Å². The van der Waals surface area contributed by atoms with Crippen LogP contribution >= 0.6 is 0 Å². The Morgan fingerprint density at radius 2 is 1.61 bits per heavy atom. The normalized spacial score (nSPS) is 14.3. The Hall–Kier alpha value is -2.93. The molecule has 7 nitrogen and oxygen atoms in total. The standard InChI is InChI=1S/C24H32N2O5/c1-18(27)19-6-9-22(24(16-19)30-4)31-15-5-10-25-11-13-26(14-12-25)21-8-7-20(28-2)17-23(21)29-3/h6-9,16-17H,5,10-15H2,1-4H3. The van der Waals surface area contributed by atoms with Crippen molar-refractivity contribution in [2.24, 2.45) is 0 Å². The maximum atomic E-state index is 11.5. The molecular weight excluding hydrogens is 396 g/mol. The largest absolute Gasteiger partial charge is 0.497 e. The lowest BCUT2D eigenvalue weighted by Crippen LogP contribution is -2.46. The summed E-state index contributed by atoms with van der Waals surface area (Å²) in [6, 6.07) is 11.3. The quantitative estimate of drug-likeness (QED) is 0.424. The molecule has 0 atom stereocenters. The molecule has 0 saturated carbocycles. The Bertz CT molecular complexity index is 878. The van der Waals surface area contributed by atoms with Crippen LogP contribution in [0, 0.1) is 0 Å². The molecule has 1 fully saturated rings. The highest BCUT2D eigenvalue weighted by Gasteiger charge is 2.20. The van der Waals surface area contributed by atoms with E-state index in [1.807, 2.05) is 12.1 Å². The summed E-state index contributed by atoms with van der Waals surface area (Å²) in [7, 11) is 4.94. The van der Waals surface area contributed by atoms with Gasteiger partial charge in [0.15, 0.2) is 17.3 Å². The number of hydrogen-bond acceptors (Lipinski definition) is 7. The third-order valence-corrected chi connectivity index (χ3v) is 5.55. The van der Waals surface area contributed by atoms with Crippen LogP contribution in [-0.2, 0) is 0 Å².